The van der Waals surface area contributed by atoms with Gasteiger partial charge in [0.05, 0.1) is 20.3 Å². The molecule has 1 amide bonds. The van der Waals surface area contributed by atoms with Crippen molar-refractivity contribution >= 4 is 15.9 Å². The zero-order chi connectivity index (χ0) is 23.6. The number of carbonyl (C=O) groups is 1. The van der Waals surface area contributed by atoms with Crippen LogP contribution in [0.1, 0.15) is 37.3 Å². The zero-order valence-electron chi connectivity index (χ0n) is 18.9. The van der Waals surface area contributed by atoms with Gasteiger partial charge >= 0.3 is 0 Å². The summed E-state index contributed by atoms with van der Waals surface area (Å²) in [6.07, 6.45) is 2.56. The van der Waals surface area contributed by atoms with Gasteiger partial charge in [-0.05, 0) is 49.9 Å². The van der Waals surface area contributed by atoms with Gasteiger partial charge in [-0.25, -0.2) is 12.8 Å². The lowest BCUT2D eigenvalue weighted by Gasteiger charge is -2.34. The van der Waals surface area contributed by atoms with E-state index in [1.807, 2.05) is 23.1 Å². The standard InChI is InChI=1S/C24H29FN2O5S/c1-31-18-9-10-19(22(16-18)32-2)21-7-5-13-27(21)24(28)17-11-14-26(15-12-17)33(29,30)23-8-4-3-6-20(23)25/h3-4,6,8-10,16-17,21H,5,7,11-15H2,1-2H3/t21-/m1/s1. The van der Waals surface area contributed by atoms with Crippen LogP contribution in [0.3, 0.4) is 0 Å². The van der Waals surface area contributed by atoms with Gasteiger partial charge in [-0.15, -0.1) is 0 Å². The lowest BCUT2D eigenvalue weighted by Crippen LogP contribution is -2.44. The maximum Gasteiger partial charge on any atom is 0.245 e. The van der Waals surface area contributed by atoms with Crippen molar-refractivity contribution in [3.05, 3.63) is 53.8 Å². The van der Waals surface area contributed by atoms with Crippen LogP contribution in [0, 0.1) is 11.7 Å². The Labute approximate surface area is 194 Å². The minimum Gasteiger partial charge on any atom is -0.497 e. The molecule has 4 rings (SSSR count). The Hall–Kier alpha value is -2.65. The van der Waals surface area contributed by atoms with Crippen molar-refractivity contribution < 1.29 is 27.1 Å². The van der Waals surface area contributed by atoms with Gasteiger partial charge in [0.15, 0.2) is 0 Å². The second kappa shape index (κ2) is 9.69. The predicted octanol–water partition coefficient (Wildman–Crippen LogP) is 3.61. The van der Waals surface area contributed by atoms with Crippen molar-refractivity contribution in [1.29, 1.82) is 0 Å². The van der Waals surface area contributed by atoms with Crippen LogP contribution in [0.25, 0.3) is 0 Å². The molecule has 178 valence electrons. The SMILES string of the molecule is COc1ccc([C@H]2CCCN2C(=O)C2CCN(S(=O)(=O)c3ccccc3F)CC2)c(OC)c1. The molecule has 1 atom stereocenters. The highest BCUT2D eigenvalue weighted by atomic mass is 32.2. The van der Waals surface area contributed by atoms with E-state index in [1.54, 1.807) is 14.2 Å². The number of likely N-dealkylation sites (tertiary alicyclic amines) is 1. The third-order valence-corrected chi connectivity index (χ3v) is 8.53. The Balaban J connectivity index is 1.46. The van der Waals surface area contributed by atoms with Gasteiger partial charge in [-0.3, -0.25) is 4.79 Å². The summed E-state index contributed by atoms with van der Waals surface area (Å²) in [4.78, 5) is 15.0. The molecular formula is C24H29FN2O5S. The van der Waals surface area contributed by atoms with Gasteiger partial charge in [-0.2, -0.15) is 4.31 Å². The summed E-state index contributed by atoms with van der Waals surface area (Å²) in [6, 6.07) is 10.9. The first-order chi connectivity index (χ1) is 15.9. The molecule has 9 heteroatoms. The third kappa shape index (κ3) is 4.56. The van der Waals surface area contributed by atoms with E-state index in [0.29, 0.717) is 30.9 Å². The molecular weight excluding hydrogens is 447 g/mol. The van der Waals surface area contributed by atoms with E-state index in [-0.39, 0.29) is 35.9 Å². The Morgan fingerprint density at radius 2 is 1.73 bits per heavy atom. The first-order valence-corrected chi connectivity index (χ1v) is 12.6. The van der Waals surface area contributed by atoms with Crippen LogP contribution in [0.4, 0.5) is 4.39 Å². The minimum absolute atomic E-state index is 0.0401. The number of rotatable bonds is 6. The highest BCUT2D eigenvalue weighted by molar-refractivity contribution is 7.89. The molecule has 0 aromatic heterocycles. The fraction of sp³-hybridized carbons (Fsp3) is 0.458. The Bertz CT molecular complexity index is 1120. The van der Waals surface area contributed by atoms with Gasteiger partial charge < -0.3 is 14.4 Å². The summed E-state index contributed by atoms with van der Waals surface area (Å²) < 4.78 is 51.9. The molecule has 0 unspecified atom stereocenters. The van der Waals surface area contributed by atoms with Crippen LogP contribution < -0.4 is 9.47 Å². The first kappa shape index (κ1) is 23.5. The zero-order valence-corrected chi connectivity index (χ0v) is 19.7. The quantitative estimate of drug-likeness (QED) is 0.637. The van der Waals surface area contributed by atoms with Crippen molar-refractivity contribution in [2.75, 3.05) is 33.9 Å². The number of methoxy groups -OCH3 is 2. The number of nitrogens with zero attached hydrogens (tertiary/aromatic N) is 2. The molecule has 2 heterocycles. The van der Waals surface area contributed by atoms with Crippen LogP contribution in [0.5, 0.6) is 11.5 Å². The van der Waals surface area contributed by atoms with Gasteiger partial charge in [0.1, 0.15) is 22.2 Å². The van der Waals surface area contributed by atoms with Crippen LogP contribution in [0.15, 0.2) is 47.4 Å². The van der Waals surface area contributed by atoms with Crippen molar-refractivity contribution in [1.82, 2.24) is 9.21 Å². The van der Waals surface area contributed by atoms with E-state index < -0.39 is 15.8 Å². The molecule has 0 aliphatic carbocycles. The monoisotopic (exact) mass is 476 g/mol. The third-order valence-electron chi connectivity index (χ3n) is 6.59. The Morgan fingerprint density at radius 1 is 1.00 bits per heavy atom. The fourth-order valence-electron chi connectivity index (χ4n) is 4.82. The summed E-state index contributed by atoms with van der Waals surface area (Å²) in [5, 5.41) is 0. The molecule has 2 aliphatic heterocycles. The minimum atomic E-state index is -3.93. The molecule has 0 bridgehead atoms. The van der Waals surface area contributed by atoms with Crippen molar-refractivity contribution in [2.45, 2.75) is 36.6 Å². The highest BCUT2D eigenvalue weighted by Gasteiger charge is 2.39. The molecule has 2 aromatic carbocycles. The summed E-state index contributed by atoms with van der Waals surface area (Å²) in [7, 11) is -0.727. The molecule has 0 saturated carbocycles. The average Bonchev–Trinajstić information content (AvgIpc) is 3.33. The number of sulfonamides is 1. The number of benzene rings is 2. The van der Waals surface area contributed by atoms with E-state index in [4.69, 9.17) is 9.47 Å². The summed E-state index contributed by atoms with van der Waals surface area (Å²) >= 11 is 0. The molecule has 2 aliphatic rings. The highest BCUT2D eigenvalue weighted by Crippen LogP contribution is 2.40. The van der Waals surface area contributed by atoms with Crippen LogP contribution in [0.2, 0.25) is 0 Å². The molecule has 7 nitrogen and oxygen atoms in total. The van der Waals surface area contributed by atoms with Crippen LogP contribution >= 0.6 is 0 Å². The number of hydrogen-bond acceptors (Lipinski definition) is 5. The topological polar surface area (TPSA) is 76.2 Å². The van der Waals surface area contributed by atoms with Crippen molar-refractivity contribution in [3.8, 4) is 11.5 Å². The molecule has 0 spiro atoms. The summed E-state index contributed by atoms with van der Waals surface area (Å²) in [6.45, 7) is 1.04. The maximum absolute atomic E-state index is 14.1. The summed E-state index contributed by atoms with van der Waals surface area (Å²) in [5.74, 6) is 0.393. The smallest absolute Gasteiger partial charge is 0.245 e. The molecule has 0 N–H and O–H groups in total. The normalized spacial score (nSPS) is 20.1. The van der Waals surface area contributed by atoms with E-state index in [9.17, 15) is 17.6 Å². The number of amides is 1. The van der Waals surface area contributed by atoms with Crippen LogP contribution in [-0.4, -0.2) is 57.4 Å². The second-order valence-corrected chi connectivity index (χ2v) is 10.3. The van der Waals surface area contributed by atoms with E-state index >= 15 is 0 Å². The van der Waals surface area contributed by atoms with Crippen molar-refractivity contribution in [2.24, 2.45) is 5.92 Å². The van der Waals surface area contributed by atoms with Crippen molar-refractivity contribution in [3.63, 3.8) is 0 Å². The number of hydrogen-bond donors (Lipinski definition) is 0. The van der Waals surface area contributed by atoms with E-state index in [2.05, 4.69) is 0 Å². The van der Waals surface area contributed by atoms with Gasteiger partial charge in [0, 0.05) is 37.2 Å². The fourth-order valence-corrected chi connectivity index (χ4v) is 6.35. The second-order valence-electron chi connectivity index (χ2n) is 8.41. The van der Waals surface area contributed by atoms with E-state index in [1.165, 1.54) is 22.5 Å². The maximum atomic E-state index is 14.1. The first-order valence-electron chi connectivity index (χ1n) is 11.1. The molecule has 2 saturated heterocycles. The van der Waals surface area contributed by atoms with Gasteiger partial charge in [-0.1, -0.05) is 12.1 Å². The Morgan fingerprint density at radius 3 is 2.39 bits per heavy atom. The number of halogens is 1. The average molecular weight is 477 g/mol. The summed E-state index contributed by atoms with van der Waals surface area (Å²) in [5.41, 5.74) is 0.948. The molecule has 2 aromatic rings. The van der Waals surface area contributed by atoms with E-state index in [0.717, 1.165) is 24.5 Å². The number of piperidine rings is 1. The molecule has 2 fully saturated rings. The largest absolute Gasteiger partial charge is 0.497 e. The molecule has 33 heavy (non-hydrogen) atoms. The number of ether oxygens (including phenoxy) is 2. The lowest BCUT2D eigenvalue weighted by atomic mass is 9.95. The predicted molar refractivity (Wildman–Crippen MR) is 121 cm³/mol. The van der Waals surface area contributed by atoms with Crippen LogP contribution in [-0.2, 0) is 14.8 Å². The number of carbonyl (C=O) groups excluding carboxylic acids is 1. The van der Waals surface area contributed by atoms with Gasteiger partial charge in [0.2, 0.25) is 15.9 Å². The lowest BCUT2D eigenvalue weighted by molar-refractivity contribution is -0.137. The Kier molecular flexibility index (Phi) is 6.90. The van der Waals surface area contributed by atoms with Gasteiger partial charge in [0.25, 0.3) is 0 Å². The molecule has 0 radical (unpaired) electrons.